The Labute approximate surface area is 576 Å². The van der Waals surface area contributed by atoms with E-state index in [0.717, 1.165) is 0 Å². The summed E-state index contributed by atoms with van der Waals surface area (Å²) in [5.74, 6) is -9.64. The second-order valence-electron chi connectivity index (χ2n) is 33.5. The molecule has 0 bridgehead atoms. The molecule has 0 spiro atoms. The Morgan fingerprint density at radius 3 is 0.427 bits per heavy atom. The lowest BCUT2D eigenvalue weighted by atomic mass is 9.78. The summed E-state index contributed by atoms with van der Waals surface area (Å²) in [4.78, 5) is 92.1. The molecule has 12 nitrogen and oxygen atoms in total. The van der Waals surface area contributed by atoms with Crippen molar-refractivity contribution in [3.8, 4) is 0 Å². The normalized spacial score (nSPS) is 14.5. The Bertz CT molecular complexity index is 1980. The van der Waals surface area contributed by atoms with E-state index in [2.05, 4.69) is 0 Å². The van der Waals surface area contributed by atoms with E-state index in [4.69, 9.17) is 28.4 Å². The molecule has 0 aliphatic rings. The fourth-order valence-electron chi connectivity index (χ4n) is 11.9. The van der Waals surface area contributed by atoms with Gasteiger partial charge in [0.2, 0.25) is 0 Å². The van der Waals surface area contributed by atoms with Gasteiger partial charge in [0.1, 0.15) is 0 Å². The number of esters is 6. The average Bonchev–Trinajstić information content (AvgIpc) is 0.731. The van der Waals surface area contributed by atoms with Crippen molar-refractivity contribution in [3.63, 3.8) is 0 Å². The fraction of sp³-hybridized carbons (Fsp3) is 0.846. The molecule has 0 fully saturated rings. The lowest BCUT2D eigenvalue weighted by Gasteiger charge is -2.28. The van der Waals surface area contributed by atoms with Crippen LogP contribution in [0.3, 0.4) is 0 Å². The van der Waals surface area contributed by atoms with Gasteiger partial charge in [-0.1, -0.05) is 202 Å². The topological polar surface area (TPSA) is 158 Å². The Hall–Kier alpha value is -4.38. The van der Waals surface area contributed by atoms with Gasteiger partial charge in [0, 0.05) is 0 Å². The number of halogens is 6. The minimum absolute atomic E-state index is 0.230. The van der Waals surface area contributed by atoms with Crippen molar-refractivity contribution in [3.05, 3.63) is 33.4 Å². The monoisotopic (exact) mass is 1370 g/mol. The predicted molar refractivity (Wildman–Crippen MR) is 372 cm³/mol. The predicted octanol–water partition coefficient (Wildman–Crippen LogP) is 21.8. The quantitative estimate of drug-likeness (QED) is 0.0264. The number of ether oxygens (including phenoxy) is 6. The second-order valence-corrected chi connectivity index (χ2v) is 33.5. The molecule has 0 heterocycles. The van der Waals surface area contributed by atoms with Gasteiger partial charge in [-0.15, -0.1) is 0 Å². The van der Waals surface area contributed by atoms with Gasteiger partial charge in [0.25, 0.3) is 0 Å². The van der Waals surface area contributed by atoms with Gasteiger partial charge in [0.05, 0.1) is 113 Å². The molecule has 0 saturated carbocycles. The largest absolute Gasteiger partial charge is 0.462 e. The van der Waals surface area contributed by atoms with Gasteiger partial charge >= 0.3 is 35.8 Å². The summed E-state index contributed by atoms with van der Waals surface area (Å²) in [5, 5.41) is 0. The van der Waals surface area contributed by atoms with Crippen molar-refractivity contribution in [1.82, 2.24) is 0 Å². The highest BCUT2D eigenvalue weighted by Gasteiger charge is 2.44. The highest BCUT2D eigenvalue weighted by molar-refractivity contribution is 6.24. The molecule has 558 valence electrons. The zero-order valence-corrected chi connectivity index (χ0v) is 63.1. The highest BCUT2D eigenvalue weighted by atomic mass is 19.1. The average molecular weight is 1380 g/mol. The smallest absolute Gasteiger partial charge is 0.339 e. The maximum Gasteiger partial charge on any atom is 0.339 e. The van der Waals surface area contributed by atoms with E-state index >= 15 is 28.8 Å². The lowest BCUT2D eigenvalue weighted by molar-refractivity contribution is 0.0384. The van der Waals surface area contributed by atoms with Gasteiger partial charge in [-0.05, 0) is 145 Å². The summed E-state index contributed by atoms with van der Waals surface area (Å²) in [6, 6.07) is 0. The molecule has 0 aliphatic heterocycles. The van der Waals surface area contributed by atoms with E-state index in [1.165, 1.54) is 0 Å². The Balaban J connectivity index is 4.56. The van der Waals surface area contributed by atoms with Crippen molar-refractivity contribution in [1.29, 1.82) is 0 Å². The van der Waals surface area contributed by atoms with Crippen LogP contribution in [0.4, 0.5) is 26.3 Å². The summed E-state index contributed by atoms with van der Waals surface area (Å²) in [7, 11) is 0. The summed E-state index contributed by atoms with van der Waals surface area (Å²) in [6.45, 7) is 30.1. The van der Waals surface area contributed by atoms with Crippen LogP contribution in [0.15, 0.2) is 0 Å². The Kier molecular flexibility index (Phi) is 41.7. The van der Waals surface area contributed by atoms with Gasteiger partial charge in [0.15, 0.2) is 0 Å². The van der Waals surface area contributed by atoms with Crippen molar-refractivity contribution in [2.75, 3.05) is 79.7 Å². The summed E-state index contributed by atoms with van der Waals surface area (Å²) < 4.78 is 121. The van der Waals surface area contributed by atoms with Gasteiger partial charge in [-0.3, -0.25) is 26.3 Å². The maximum atomic E-state index is 15.3. The summed E-state index contributed by atoms with van der Waals surface area (Å²) in [5.41, 5.74) is -7.47. The van der Waals surface area contributed by atoms with E-state index in [9.17, 15) is 26.3 Å². The lowest BCUT2D eigenvalue weighted by Crippen LogP contribution is -2.32. The number of rotatable bonds is 48. The molecule has 0 N–H and O–H groups in total. The minimum atomic E-state index is -1.36. The van der Waals surface area contributed by atoms with Crippen LogP contribution in [0.1, 0.15) is 341 Å². The van der Waals surface area contributed by atoms with E-state index in [0.29, 0.717) is 116 Å². The number of alkyl halides is 6. The number of carbonyl (C=O) groups is 6. The van der Waals surface area contributed by atoms with Gasteiger partial charge in [-0.2, -0.15) is 0 Å². The summed E-state index contributed by atoms with van der Waals surface area (Å²) >= 11 is 0. The fourth-order valence-corrected chi connectivity index (χ4v) is 11.9. The molecule has 0 unspecified atom stereocenters. The van der Waals surface area contributed by atoms with Crippen molar-refractivity contribution < 1.29 is 83.5 Å². The molecule has 0 radical (unpaired) electrons. The van der Waals surface area contributed by atoms with E-state index in [-0.39, 0.29) is 146 Å². The van der Waals surface area contributed by atoms with Crippen LogP contribution >= 0.6 is 0 Å². The van der Waals surface area contributed by atoms with E-state index < -0.39 is 109 Å². The molecule has 96 heavy (non-hydrogen) atoms. The van der Waals surface area contributed by atoms with Crippen LogP contribution in [-0.4, -0.2) is 116 Å². The molecule has 18 heteroatoms. The molecular formula is C78H132F6O12. The second kappa shape index (κ2) is 44.7. The van der Waals surface area contributed by atoms with Crippen molar-refractivity contribution >= 4 is 35.8 Å². The number of benzene rings is 1. The van der Waals surface area contributed by atoms with Crippen LogP contribution in [0, 0.1) is 68.0 Å². The molecule has 6 atom stereocenters. The SMILES string of the molecule is CC(C)(C)[C@@H](CF)CCCCCOC(=O)c1c(C(=O)OCCCCC[C@H](CF)C(C)(C)C)c(C(=O)OCCCCC[C@H](CF)C(C)(C)C)c(C(=O)OCCCCC[C@H](CF)C(C)(C)C)c(C(=O)OCCCCC[C@H](CF)C(C)(C)C)c1C(=O)OCCCCC[C@H](CF)C(C)(C)C. The number of carbonyl (C=O) groups excluding carboxylic acids is 6. The van der Waals surface area contributed by atoms with E-state index in [1.807, 2.05) is 125 Å². The van der Waals surface area contributed by atoms with Crippen LogP contribution in [0.5, 0.6) is 0 Å². The maximum absolute atomic E-state index is 15.3. The zero-order valence-electron chi connectivity index (χ0n) is 63.1. The first-order chi connectivity index (χ1) is 44.8. The Morgan fingerprint density at radius 2 is 0.333 bits per heavy atom. The third kappa shape index (κ3) is 33.2. The molecule has 0 saturated heterocycles. The minimum Gasteiger partial charge on any atom is -0.462 e. The first-order valence-corrected chi connectivity index (χ1v) is 36.4. The first-order valence-electron chi connectivity index (χ1n) is 36.4. The van der Waals surface area contributed by atoms with Crippen LogP contribution in [-0.2, 0) is 28.4 Å². The van der Waals surface area contributed by atoms with Crippen LogP contribution in [0.25, 0.3) is 0 Å². The van der Waals surface area contributed by atoms with Crippen molar-refractivity contribution in [2.24, 2.45) is 68.0 Å². The van der Waals surface area contributed by atoms with Crippen LogP contribution < -0.4 is 0 Å². The number of hydrogen-bond donors (Lipinski definition) is 0. The number of hydrogen-bond acceptors (Lipinski definition) is 12. The molecule has 1 rings (SSSR count). The molecule has 0 aliphatic carbocycles. The molecule has 1 aromatic carbocycles. The van der Waals surface area contributed by atoms with Crippen molar-refractivity contribution in [2.45, 2.75) is 279 Å². The van der Waals surface area contributed by atoms with Gasteiger partial charge < -0.3 is 28.4 Å². The third-order valence-electron chi connectivity index (χ3n) is 19.8. The molecule has 0 amide bonds. The van der Waals surface area contributed by atoms with Gasteiger partial charge in [-0.25, -0.2) is 28.8 Å². The Morgan fingerprint density at radius 1 is 0.219 bits per heavy atom. The van der Waals surface area contributed by atoms with E-state index in [1.54, 1.807) is 0 Å². The standard InChI is InChI=1S/C78H132F6O12/c1-73(2,3)55(49-79)37-25-19-31-43-91-67(85)61-62(68(86)92-44-32-20-26-38-56(50-80)74(4,5)6)64(70(88)94-46-34-22-28-40-58(52-82)76(10,11)12)66(72(90)96-48-36-24-30-42-60(54-84)78(16,17)18)65(71(89)95-47-35-23-29-41-59(53-83)77(13,14)15)63(61)69(87)93-45-33-21-27-39-57(51-81)75(7,8)9/h55-60H,19-54H2,1-18H3/t55-,56-,57-,58-,59-,60-/m1/s1. The molecule has 1 aromatic rings. The molecule has 0 aromatic heterocycles. The highest BCUT2D eigenvalue weighted by Crippen LogP contribution is 2.38. The van der Waals surface area contributed by atoms with Crippen LogP contribution in [0.2, 0.25) is 0 Å². The summed E-state index contributed by atoms with van der Waals surface area (Å²) in [6.07, 6.45) is 10.8. The zero-order chi connectivity index (χ0) is 73.1. The molecular weight excluding hydrogens is 1240 g/mol. The first kappa shape index (κ1) is 89.6. The number of unbranched alkanes of at least 4 members (excludes halogenated alkanes) is 12. The third-order valence-corrected chi connectivity index (χ3v) is 19.8.